The minimum absolute atomic E-state index is 0.286. The van der Waals surface area contributed by atoms with Crippen molar-refractivity contribution in [3.8, 4) is 0 Å². The second-order valence-corrected chi connectivity index (χ2v) is 5.84. The molecule has 3 heteroatoms. The smallest absolute Gasteiger partial charge is 0.338 e. The van der Waals surface area contributed by atoms with Crippen LogP contribution in [0.3, 0.4) is 0 Å². The van der Waals surface area contributed by atoms with Crippen LogP contribution in [0.4, 0.5) is 0 Å². The molecular weight excluding hydrogens is 212 g/mol. The van der Waals surface area contributed by atoms with Gasteiger partial charge in [0.15, 0.2) is 0 Å². The molecule has 0 radical (unpaired) electrons. The number of esters is 1. The number of halogens is 1. The van der Waals surface area contributed by atoms with Gasteiger partial charge in [0.1, 0.15) is 5.60 Å². The third-order valence-corrected chi connectivity index (χ3v) is 2.25. The molecule has 0 aliphatic heterocycles. The van der Waals surface area contributed by atoms with E-state index < -0.39 is 5.60 Å². The van der Waals surface area contributed by atoms with E-state index in [1.807, 2.05) is 39.8 Å². The topological polar surface area (TPSA) is 26.3 Å². The number of ether oxygens (including phenoxy) is 1. The van der Waals surface area contributed by atoms with E-state index >= 15 is 0 Å². The first-order chi connectivity index (χ1) is 6.70. The lowest BCUT2D eigenvalue weighted by molar-refractivity contribution is -0.149. The van der Waals surface area contributed by atoms with Gasteiger partial charge in [0.05, 0.1) is 10.4 Å². The molecule has 1 aliphatic carbocycles. The summed E-state index contributed by atoms with van der Waals surface area (Å²) in [7, 11) is 0. The lowest BCUT2D eigenvalue weighted by Crippen LogP contribution is -2.26. The Labute approximate surface area is 95.9 Å². The predicted octanol–water partition coefficient (Wildman–Crippen LogP) is 3.21. The first-order valence-electron chi connectivity index (χ1n) is 5.01. The van der Waals surface area contributed by atoms with Gasteiger partial charge >= 0.3 is 5.97 Å². The van der Waals surface area contributed by atoms with Gasteiger partial charge in [-0.05, 0) is 34.1 Å². The summed E-state index contributed by atoms with van der Waals surface area (Å²) in [6.45, 7) is 7.46. The Morgan fingerprint density at radius 1 is 1.53 bits per heavy atom. The largest absolute Gasteiger partial charge is 0.456 e. The summed E-state index contributed by atoms with van der Waals surface area (Å²) < 4.78 is 5.24. The van der Waals surface area contributed by atoms with Crippen LogP contribution < -0.4 is 0 Å². The van der Waals surface area contributed by atoms with Crippen LogP contribution >= 0.6 is 11.6 Å². The molecule has 0 saturated carbocycles. The van der Waals surface area contributed by atoms with Crippen molar-refractivity contribution in [1.29, 1.82) is 0 Å². The molecule has 0 aromatic rings. The van der Waals surface area contributed by atoms with E-state index in [0.29, 0.717) is 12.0 Å². The van der Waals surface area contributed by atoms with Crippen molar-refractivity contribution in [3.05, 3.63) is 23.8 Å². The van der Waals surface area contributed by atoms with E-state index in [1.54, 1.807) is 6.08 Å². The Morgan fingerprint density at radius 3 is 2.53 bits per heavy atom. The molecular formula is C12H17ClO2. The molecule has 0 spiro atoms. The second kappa shape index (κ2) is 4.01. The zero-order valence-corrected chi connectivity index (χ0v) is 10.4. The highest BCUT2D eigenvalue weighted by atomic mass is 35.5. The van der Waals surface area contributed by atoms with Crippen LogP contribution in [0.5, 0.6) is 0 Å². The van der Waals surface area contributed by atoms with E-state index in [9.17, 15) is 4.79 Å². The fourth-order valence-corrected chi connectivity index (χ4v) is 1.34. The van der Waals surface area contributed by atoms with Crippen molar-refractivity contribution >= 4 is 17.6 Å². The van der Waals surface area contributed by atoms with Gasteiger partial charge in [0.25, 0.3) is 0 Å². The van der Waals surface area contributed by atoms with Gasteiger partial charge < -0.3 is 4.74 Å². The molecule has 15 heavy (non-hydrogen) atoms. The van der Waals surface area contributed by atoms with Crippen molar-refractivity contribution in [2.75, 3.05) is 0 Å². The van der Waals surface area contributed by atoms with Crippen LogP contribution in [0.1, 0.15) is 34.1 Å². The summed E-state index contributed by atoms with van der Waals surface area (Å²) in [5, 5.41) is 0. The number of allylic oxidation sites excluding steroid dienone is 2. The molecule has 0 fully saturated rings. The maximum absolute atomic E-state index is 11.6. The molecule has 0 aromatic carbocycles. The lowest BCUT2D eigenvalue weighted by atomic mass is 9.97. The summed E-state index contributed by atoms with van der Waals surface area (Å²) in [5.41, 5.74) is 0.135. The Hall–Kier alpha value is -0.760. The van der Waals surface area contributed by atoms with Gasteiger partial charge in [-0.1, -0.05) is 18.2 Å². The Kier molecular flexibility index (Phi) is 3.29. The summed E-state index contributed by atoms with van der Waals surface area (Å²) in [5.74, 6) is -0.286. The third-order valence-electron chi connectivity index (χ3n) is 1.97. The maximum Gasteiger partial charge on any atom is 0.338 e. The van der Waals surface area contributed by atoms with Gasteiger partial charge in [-0.3, -0.25) is 0 Å². The molecule has 84 valence electrons. The van der Waals surface area contributed by atoms with E-state index in [2.05, 4.69) is 0 Å². The highest BCUT2D eigenvalue weighted by Gasteiger charge is 2.24. The molecule has 0 amide bonds. The zero-order chi connectivity index (χ0) is 11.7. The number of rotatable bonds is 1. The summed E-state index contributed by atoms with van der Waals surface area (Å²) in [4.78, 5) is 11.3. The fraction of sp³-hybridized carbons (Fsp3) is 0.583. The van der Waals surface area contributed by atoms with Crippen LogP contribution in [0.15, 0.2) is 23.8 Å². The van der Waals surface area contributed by atoms with E-state index in [4.69, 9.17) is 16.3 Å². The van der Waals surface area contributed by atoms with Crippen LogP contribution in [-0.2, 0) is 9.53 Å². The predicted molar refractivity (Wildman–Crippen MR) is 61.9 cm³/mol. The lowest BCUT2D eigenvalue weighted by Gasteiger charge is -2.23. The van der Waals surface area contributed by atoms with Crippen molar-refractivity contribution in [2.45, 2.75) is 44.6 Å². The first kappa shape index (κ1) is 12.3. The van der Waals surface area contributed by atoms with Crippen molar-refractivity contribution in [2.24, 2.45) is 0 Å². The number of carbonyl (C=O) groups is 1. The van der Waals surface area contributed by atoms with Crippen LogP contribution in [0.25, 0.3) is 0 Å². The molecule has 1 unspecified atom stereocenters. The third kappa shape index (κ3) is 4.08. The average Bonchev–Trinajstić information content (AvgIpc) is 2.00. The molecule has 0 saturated heterocycles. The van der Waals surface area contributed by atoms with Crippen molar-refractivity contribution < 1.29 is 9.53 Å². The number of hydrogen-bond acceptors (Lipinski definition) is 2. The minimum atomic E-state index is -0.451. The number of alkyl halides is 1. The highest BCUT2D eigenvalue weighted by Crippen LogP contribution is 2.27. The van der Waals surface area contributed by atoms with Gasteiger partial charge in [0, 0.05) is 0 Å². The molecule has 0 heterocycles. The van der Waals surface area contributed by atoms with Crippen molar-refractivity contribution in [3.63, 3.8) is 0 Å². The fourth-order valence-electron chi connectivity index (χ4n) is 1.20. The molecule has 1 aliphatic rings. The van der Waals surface area contributed by atoms with E-state index in [1.165, 1.54) is 0 Å². The normalized spacial score (nSPS) is 26.1. The molecule has 1 atom stereocenters. The summed E-state index contributed by atoms with van der Waals surface area (Å²) >= 11 is 6.09. The second-order valence-electron chi connectivity index (χ2n) is 4.98. The molecule has 0 bridgehead atoms. The molecule has 0 N–H and O–H groups in total. The molecule has 1 rings (SSSR count). The molecule has 0 aromatic heterocycles. The monoisotopic (exact) mass is 228 g/mol. The van der Waals surface area contributed by atoms with Gasteiger partial charge in [-0.15, -0.1) is 11.6 Å². The Bertz CT molecular complexity index is 319. The van der Waals surface area contributed by atoms with E-state index in [0.717, 1.165) is 0 Å². The Morgan fingerprint density at radius 2 is 2.13 bits per heavy atom. The van der Waals surface area contributed by atoms with Crippen LogP contribution in [0.2, 0.25) is 0 Å². The summed E-state index contributed by atoms with van der Waals surface area (Å²) in [6, 6.07) is 0. The van der Waals surface area contributed by atoms with Gasteiger partial charge in [0.2, 0.25) is 0 Å². The van der Waals surface area contributed by atoms with Crippen LogP contribution in [-0.4, -0.2) is 16.4 Å². The maximum atomic E-state index is 11.6. The highest BCUT2D eigenvalue weighted by molar-refractivity contribution is 6.25. The first-order valence-corrected chi connectivity index (χ1v) is 5.39. The van der Waals surface area contributed by atoms with Crippen molar-refractivity contribution in [1.82, 2.24) is 0 Å². The average molecular weight is 229 g/mol. The quantitative estimate of drug-likeness (QED) is 0.509. The SMILES string of the molecule is CC1(Cl)C=CC(C(=O)OC(C)(C)C)=CC1. The zero-order valence-electron chi connectivity index (χ0n) is 9.63. The number of carbonyl (C=O) groups excluding carboxylic acids is 1. The number of hydrogen-bond donors (Lipinski definition) is 0. The Balaban J connectivity index is 2.65. The van der Waals surface area contributed by atoms with E-state index in [-0.39, 0.29) is 10.8 Å². The summed E-state index contributed by atoms with van der Waals surface area (Å²) in [6.07, 6.45) is 6.03. The standard InChI is InChI=1S/C12H17ClO2/c1-11(2,3)15-10(14)9-5-7-12(4,13)8-6-9/h5-7H,8H2,1-4H3. The molecule has 2 nitrogen and oxygen atoms in total. The van der Waals surface area contributed by atoms with Crippen LogP contribution in [0, 0.1) is 0 Å². The van der Waals surface area contributed by atoms with Gasteiger partial charge in [-0.25, -0.2) is 4.79 Å². The minimum Gasteiger partial charge on any atom is -0.456 e. The van der Waals surface area contributed by atoms with Gasteiger partial charge in [-0.2, -0.15) is 0 Å².